The fourth-order valence-corrected chi connectivity index (χ4v) is 3.19. The van der Waals surface area contributed by atoms with Crippen LogP contribution < -0.4 is 0 Å². The van der Waals surface area contributed by atoms with Crippen LogP contribution in [-0.2, 0) is 24.2 Å². The summed E-state index contributed by atoms with van der Waals surface area (Å²) in [5, 5.41) is 8.75. The first-order valence-electron chi connectivity index (χ1n) is 7.68. The zero-order valence-corrected chi connectivity index (χ0v) is 12.1. The Balaban J connectivity index is 1.47. The van der Waals surface area contributed by atoms with Gasteiger partial charge in [0.1, 0.15) is 17.7 Å². The van der Waals surface area contributed by atoms with Crippen molar-refractivity contribution in [2.24, 2.45) is 0 Å². The van der Waals surface area contributed by atoms with E-state index in [1.165, 1.54) is 0 Å². The molecule has 1 fully saturated rings. The molecule has 0 amide bonds. The molecule has 0 unspecified atom stereocenters. The summed E-state index contributed by atoms with van der Waals surface area (Å²) in [6.07, 6.45) is 4.99. The molecule has 2 aromatic heterocycles. The van der Waals surface area contributed by atoms with Crippen molar-refractivity contribution in [2.45, 2.75) is 38.5 Å². The third-order valence-corrected chi connectivity index (χ3v) is 4.32. The van der Waals surface area contributed by atoms with E-state index < -0.39 is 0 Å². The summed E-state index contributed by atoms with van der Waals surface area (Å²) in [6, 6.07) is 3.97. The maximum atomic E-state index is 5.76. The molecule has 4 heterocycles. The van der Waals surface area contributed by atoms with E-state index in [9.17, 15) is 0 Å². The second-order valence-corrected chi connectivity index (χ2v) is 5.73. The van der Waals surface area contributed by atoms with Crippen LogP contribution in [-0.4, -0.2) is 39.4 Å². The first kappa shape index (κ1) is 13.0. The van der Waals surface area contributed by atoms with Crippen molar-refractivity contribution in [1.29, 1.82) is 0 Å². The maximum absolute atomic E-state index is 5.76. The van der Waals surface area contributed by atoms with Gasteiger partial charge in [-0.3, -0.25) is 4.90 Å². The second-order valence-electron chi connectivity index (χ2n) is 5.73. The number of rotatable bonds is 3. The molecule has 6 nitrogen and oxygen atoms in total. The topological polar surface area (TPSA) is 56.3 Å². The Morgan fingerprint density at radius 1 is 1.24 bits per heavy atom. The van der Waals surface area contributed by atoms with Gasteiger partial charge in [-0.25, -0.2) is 0 Å². The largest absolute Gasteiger partial charge is 0.468 e. The van der Waals surface area contributed by atoms with Gasteiger partial charge in [0.15, 0.2) is 5.82 Å². The molecule has 21 heavy (non-hydrogen) atoms. The standard InChI is InChI=1S/C15H20N4O2/c1-3-12(20-9-1)11-18-6-5-14-16-17-15(19(14)8-7-18)13-4-2-10-21-13/h1,3,9,13H,2,4-8,10-11H2/t13-/m0/s1. The van der Waals surface area contributed by atoms with Gasteiger partial charge in [0.25, 0.3) is 0 Å². The number of nitrogens with zero attached hydrogens (tertiary/aromatic N) is 4. The van der Waals surface area contributed by atoms with Crippen molar-refractivity contribution in [3.8, 4) is 0 Å². The highest BCUT2D eigenvalue weighted by molar-refractivity contribution is 5.04. The van der Waals surface area contributed by atoms with E-state index in [0.29, 0.717) is 0 Å². The number of furan rings is 1. The lowest BCUT2D eigenvalue weighted by Crippen LogP contribution is -2.26. The molecule has 0 radical (unpaired) electrons. The average molecular weight is 288 g/mol. The van der Waals surface area contributed by atoms with Gasteiger partial charge in [0.05, 0.1) is 12.8 Å². The van der Waals surface area contributed by atoms with Crippen LogP contribution in [0.3, 0.4) is 0 Å². The highest BCUT2D eigenvalue weighted by Gasteiger charge is 2.27. The SMILES string of the molecule is c1coc(CN2CCc3nnc([C@@H]4CCCO4)n3CC2)c1. The fraction of sp³-hybridized carbons (Fsp3) is 0.600. The molecule has 2 aliphatic rings. The molecule has 0 aromatic carbocycles. The smallest absolute Gasteiger partial charge is 0.162 e. The van der Waals surface area contributed by atoms with Crippen LogP contribution in [0.15, 0.2) is 22.8 Å². The van der Waals surface area contributed by atoms with Crippen molar-refractivity contribution in [1.82, 2.24) is 19.7 Å². The van der Waals surface area contributed by atoms with Crippen LogP contribution in [0.4, 0.5) is 0 Å². The molecule has 0 spiro atoms. The van der Waals surface area contributed by atoms with E-state index in [1.54, 1.807) is 6.26 Å². The van der Waals surface area contributed by atoms with Gasteiger partial charge >= 0.3 is 0 Å². The Morgan fingerprint density at radius 3 is 3.05 bits per heavy atom. The third-order valence-electron chi connectivity index (χ3n) is 4.32. The Hall–Kier alpha value is -1.66. The maximum Gasteiger partial charge on any atom is 0.162 e. The lowest BCUT2D eigenvalue weighted by Gasteiger charge is -2.18. The van der Waals surface area contributed by atoms with Crippen LogP contribution in [0.25, 0.3) is 0 Å². The first-order chi connectivity index (χ1) is 10.4. The highest BCUT2D eigenvalue weighted by Crippen LogP contribution is 2.28. The minimum Gasteiger partial charge on any atom is -0.468 e. The van der Waals surface area contributed by atoms with E-state index in [4.69, 9.17) is 9.15 Å². The summed E-state index contributed by atoms with van der Waals surface area (Å²) in [7, 11) is 0. The molecule has 2 aliphatic heterocycles. The lowest BCUT2D eigenvalue weighted by atomic mass is 10.2. The molecule has 1 saturated heterocycles. The van der Waals surface area contributed by atoms with Crippen molar-refractivity contribution in [3.05, 3.63) is 35.8 Å². The summed E-state index contributed by atoms with van der Waals surface area (Å²) in [5.41, 5.74) is 0. The van der Waals surface area contributed by atoms with Gasteiger partial charge in [-0.2, -0.15) is 0 Å². The Morgan fingerprint density at radius 2 is 2.24 bits per heavy atom. The molecular weight excluding hydrogens is 268 g/mol. The lowest BCUT2D eigenvalue weighted by molar-refractivity contribution is 0.101. The van der Waals surface area contributed by atoms with Crippen LogP contribution >= 0.6 is 0 Å². The van der Waals surface area contributed by atoms with E-state index in [-0.39, 0.29) is 6.10 Å². The number of ether oxygens (including phenoxy) is 1. The van der Waals surface area contributed by atoms with Gasteiger partial charge in [-0.05, 0) is 25.0 Å². The van der Waals surface area contributed by atoms with Gasteiger partial charge in [-0.1, -0.05) is 0 Å². The normalized spacial score (nSPS) is 23.1. The third kappa shape index (κ3) is 2.61. The average Bonchev–Trinajstić information content (AvgIpc) is 3.21. The zero-order chi connectivity index (χ0) is 14.1. The second kappa shape index (κ2) is 5.61. The van der Waals surface area contributed by atoms with Crippen LogP contribution in [0, 0.1) is 0 Å². The van der Waals surface area contributed by atoms with Gasteiger partial charge in [-0.15, -0.1) is 10.2 Å². The van der Waals surface area contributed by atoms with Gasteiger partial charge < -0.3 is 13.7 Å². The number of hydrogen-bond donors (Lipinski definition) is 0. The fourth-order valence-electron chi connectivity index (χ4n) is 3.19. The Labute approximate surface area is 123 Å². The van der Waals surface area contributed by atoms with E-state index in [0.717, 1.165) is 69.5 Å². The number of aromatic nitrogens is 3. The number of fused-ring (bicyclic) bond motifs is 1. The molecule has 112 valence electrons. The predicted octanol–water partition coefficient (Wildman–Crippen LogP) is 1.78. The minimum absolute atomic E-state index is 0.142. The van der Waals surface area contributed by atoms with Crippen molar-refractivity contribution in [3.63, 3.8) is 0 Å². The summed E-state index contributed by atoms with van der Waals surface area (Å²) >= 11 is 0. The molecular formula is C15H20N4O2. The van der Waals surface area contributed by atoms with Crippen molar-refractivity contribution < 1.29 is 9.15 Å². The highest BCUT2D eigenvalue weighted by atomic mass is 16.5. The van der Waals surface area contributed by atoms with Crippen LogP contribution in [0.5, 0.6) is 0 Å². The molecule has 6 heteroatoms. The van der Waals surface area contributed by atoms with E-state index in [2.05, 4.69) is 19.7 Å². The van der Waals surface area contributed by atoms with Gasteiger partial charge in [0, 0.05) is 32.7 Å². The van der Waals surface area contributed by atoms with E-state index >= 15 is 0 Å². The first-order valence-corrected chi connectivity index (χ1v) is 7.68. The molecule has 2 aromatic rings. The van der Waals surface area contributed by atoms with Gasteiger partial charge in [0.2, 0.25) is 0 Å². The molecule has 0 bridgehead atoms. The van der Waals surface area contributed by atoms with Crippen LogP contribution in [0.1, 0.15) is 36.4 Å². The molecule has 4 rings (SSSR count). The summed E-state index contributed by atoms with van der Waals surface area (Å²) in [6.45, 7) is 4.62. The Kier molecular flexibility index (Phi) is 3.48. The molecule has 1 atom stereocenters. The van der Waals surface area contributed by atoms with E-state index in [1.807, 2.05) is 12.1 Å². The monoisotopic (exact) mass is 288 g/mol. The molecule has 0 aliphatic carbocycles. The quantitative estimate of drug-likeness (QED) is 0.861. The van der Waals surface area contributed by atoms with Crippen LogP contribution in [0.2, 0.25) is 0 Å². The molecule has 0 N–H and O–H groups in total. The predicted molar refractivity (Wildman–Crippen MR) is 75.6 cm³/mol. The Bertz CT molecular complexity index is 587. The summed E-state index contributed by atoms with van der Waals surface area (Å²) in [4.78, 5) is 2.41. The summed E-state index contributed by atoms with van der Waals surface area (Å²) in [5.74, 6) is 3.12. The number of hydrogen-bond acceptors (Lipinski definition) is 5. The summed E-state index contributed by atoms with van der Waals surface area (Å²) < 4.78 is 13.5. The molecule has 0 saturated carbocycles. The van der Waals surface area contributed by atoms with Crippen molar-refractivity contribution >= 4 is 0 Å². The zero-order valence-electron chi connectivity index (χ0n) is 12.1. The minimum atomic E-state index is 0.142. The van der Waals surface area contributed by atoms with Crippen molar-refractivity contribution in [2.75, 3.05) is 19.7 Å².